The molecule has 1 fully saturated rings. The highest BCUT2D eigenvalue weighted by Crippen LogP contribution is 2.44. The van der Waals surface area contributed by atoms with E-state index in [0.717, 1.165) is 22.9 Å². The molecular formula is C19H20ClN7O3S. The lowest BCUT2D eigenvalue weighted by Gasteiger charge is -2.16. The van der Waals surface area contributed by atoms with Gasteiger partial charge in [-0.1, -0.05) is 35.0 Å². The second-order valence-electron chi connectivity index (χ2n) is 7.16. The molecule has 1 saturated heterocycles. The molecule has 3 N–H and O–H groups in total. The van der Waals surface area contributed by atoms with Crippen LogP contribution >= 0.6 is 23.4 Å². The van der Waals surface area contributed by atoms with Crippen LogP contribution in [0, 0.1) is 11.8 Å². The molecule has 10 nitrogen and oxygen atoms in total. The smallest absolute Gasteiger partial charge is 0.235 e. The number of imidazole rings is 1. The third-order valence-corrected chi connectivity index (χ3v) is 6.82. The maximum atomic E-state index is 12.1. The first-order valence-electron chi connectivity index (χ1n) is 9.50. The van der Waals surface area contributed by atoms with E-state index in [-0.39, 0.29) is 11.2 Å². The van der Waals surface area contributed by atoms with Crippen molar-refractivity contribution in [1.29, 1.82) is 0 Å². The fourth-order valence-corrected chi connectivity index (χ4v) is 5.26. The lowest BCUT2D eigenvalue weighted by molar-refractivity contribution is -0.120. The molecule has 1 aliphatic heterocycles. The van der Waals surface area contributed by atoms with E-state index < -0.39 is 22.8 Å². The lowest BCUT2D eigenvalue weighted by Crippen LogP contribution is -2.38. The van der Waals surface area contributed by atoms with Crippen molar-refractivity contribution in [3.8, 4) is 0 Å². The average Bonchev–Trinajstić information content (AvgIpc) is 3.31. The van der Waals surface area contributed by atoms with Crippen LogP contribution in [-0.4, -0.2) is 55.0 Å². The highest BCUT2D eigenvalue weighted by molar-refractivity contribution is 8.01. The number of carbonyl (C=O) groups excluding carboxylic acids is 1. The van der Waals surface area contributed by atoms with Crippen LogP contribution in [0.3, 0.4) is 0 Å². The van der Waals surface area contributed by atoms with Crippen molar-refractivity contribution in [3.05, 3.63) is 51.9 Å². The molecular weight excluding hydrogens is 442 g/mol. The fourth-order valence-electron chi connectivity index (χ4n) is 3.57. The monoisotopic (exact) mass is 461 g/mol. The zero-order chi connectivity index (χ0) is 22.1. The summed E-state index contributed by atoms with van der Waals surface area (Å²) in [4.78, 5) is 36.3. The first-order valence-corrected chi connectivity index (χ1v) is 10.8. The molecule has 4 atom stereocenters. The number of amides is 1. The number of benzene rings is 1. The molecule has 0 unspecified atom stereocenters. The molecule has 0 radical (unpaired) electrons. The molecule has 2 aromatic heterocycles. The van der Waals surface area contributed by atoms with E-state index in [1.807, 2.05) is 25.1 Å². The molecule has 3 heterocycles. The molecule has 1 aromatic carbocycles. The molecule has 12 heteroatoms. The quantitative estimate of drug-likeness (QED) is 0.376. The van der Waals surface area contributed by atoms with Crippen LogP contribution in [-0.2, 0) is 11.3 Å². The number of halogens is 1. The second-order valence-corrected chi connectivity index (χ2v) is 8.76. The van der Waals surface area contributed by atoms with Crippen LogP contribution in [0.15, 0.2) is 35.8 Å². The number of hydrogen-bond acceptors (Lipinski definition) is 9. The first kappa shape index (κ1) is 21.5. The van der Waals surface area contributed by atoms with Gasteiger partial charge < -0.3 is 15.7 Å². The van der Waals surface area contributed by atoms with Gasteiger partial charge in [-0.25, -0.2) is 4.98 Å². The van der Waals surface area contributed by atoms with Crippen molar-refractivity contribution in [2.24, 2.45) is 5.18 Å². The van der Waals surface area contributed by atoms with E-state index in [9.17, 15) is 14.8 Å². The normalized spacial score (nSPS) is 23.1. The molecule has 1 aliphatic rings. The van der Waals surface area contributed by atoms with Gasteiger partial charge in [0.15, 0.2) is 17.0 Å². The average molecular weight is 462 g/mol. The number of nitroso groups, excluding NO2 is 1. The molecule has 4 rings (SSSR count). The van der Waals surface area contributed by atoms with E-state index in [0.29, 0.717) is 23.5 Å². The number of hydrogen-bond donors (Lipinski definition) is 3. The Morgan fingerprint density at radius 2 is 2.19 bits per heavy atom. The Morgan fingerprint density at radius 1 is 1.39 bits per heavy atom. The maximum absolute atomic E-state index is 12.1. The van der Waals surface area contributed by atoms with Gasteiger partial charge in [-0.05, 0) is 24.1 Å². The predicted octanol–water partition coefficient (Wildman–Crippen LogP) is 2.26. The molecule has 0 saturated carbocycles. The van der Waals surface area contributed by atoms with E-state index >= 15 is 0 Å². The van der Waals surface area contributed by atoms with Crippen molar-refractivity contribution >= 4 is 46.3 Å². The number of fused-ring (bicyclic) bond motifs is 1. The summed E-state index contributed by atoms with van der Waals surface area (Å²) >= 11 is 7.28. The first-order chi connectivity index (χ1) is 14.9. The Bertz CT molecular complexity index is 1140. The number of nitrogens with zero attached hydrogens (tertiary/aromatic N) is 5. The molecule has 1 amide bonds. The Hall–Kier alpha value is -2.76. The number of thioether (sulfide) groups is 1. The zero-order valence-corrected chi connectivity index (χ0v) is 18.3. The van der Waals surface area contributed by atoms with Gasteiger partial charge in [-0.3, -0.25) is 9.36 Å². The Balaban J connectivity index is 1.66. The predicted molar refractivity (Wildman–Crippen MR) is 119 cm³/mol. The summed E-state index contributed by atoms with van der Waals surface area (Å²) < 4.78 is 1.59. The van der Waals surface area contributed by atoms with Crippen LogP contribution in [0.25, 0.3) is 11.2 Å². The van der Waals surface area contributed by atoms with Crippen molar-refractivity contribution in [2.45, 2.75) is 36.2 Å². The summed E-state index contributed by atoms with van der Waals surface area (Å²) in [6, 6.07) is 6.95. The highest BCUT2D eigenvalue weighted by atomic mass is 35.5. The summed E-state index contributed by atoms with van der Waals surface area (Å²) in [7, 11) is 1.47. The SMILES string of the molecule is CNC(=O)[C@@H]1S[C@H](n2cnc3c(NCc4cccc(C)c4)nc(Cl)nc32)[C@@H](O)[C@H]1N=O. The summed E-state index contributed by atoms with van der Waals surface area (Å²) in [5, 5.41) is 17.9. The van der Waals surface area contributed by atoms with Crippen molar-refractivity contribution < 1.29 is 9.90 Å². The van der Waals surface area contributed by atoms with E-state index in [4.69, 9.17) is 11.6 Å². The number of aliphatic hydroxyl groups excluding tert-OH is 1. The standard InChI is InChI=1S/C19H20ClN7O3S/c1-9-4-3-5-10(6-9)7-22-15-12-16(25-19(20)24-15)27(8-23-12)18-13(28)11(26-30)14(31-18)17(29)21-2/h3-6,8,11,13-14,18,28H,7H2,1-2H3,(H,21,29)(H,22,24,25)/t11-,13+,14-,18+/m1/s1. The Kier molecular flexibility index (Phi) is 6.08. The summed E-state index contributed by atoms with van der Waals surface area (Å²) in [5.74, 6) is 0.0643. The number of carbonyl (C=O) groups is 1. The number of aliphatic hydroxyl groups is 1. The molecule has 0 bridgehead atoms. The summed E-state index contributed by atoms with van der Waals surface area (Å²) in [6.45, 7) is 2.52. The summed E-state index contributed by atoms with van der Waals surface area (Å²) in [5.41, 5.74) is 3.05. The zero-order valence-electron chi connectivity index (χ0n) is 16.7. The van der Waals surface area contributed by atoms with Gasteiger partial charge in [0.05, 0.1) is 6.33 Å². The van der Waals surface area contributed by atoms with Gasteiger partial charge in [-0.2, -0.15) is 14.9 Å². The van der Waals surface area contributed by atoms with Crippen LogP contribution < -0.4 is 10.6 Å². The van der Waals surface area contributed by atoms with Gasteiger partial charge in [-0.15, -0.1) is 11.8 Å². The van der Waals surface area contributed by atoms with E-state index in [2.05, 4.69) is 36.8 Å². The van der Waals surface area contributed by atoms with Crippen molar-refractivity contribution in [2.75, 3.05) is 12.4 Å². The van der Waals surface area contributed by atoms with Crippen LogP contribution in [0.1, 0.15) is 16.5 Å². The van der Waals surface area contributed by atoms with E-state index in [1.54, 1.807) is 4.57 Å². The minimum Gasteiger partial charge on any atom is -0.388 e. The number of aryl methyl sites for hydroxylation is 1. The van der Waals surface area contributed by atoms with Crippen LogP contribution in [0.5, 0.6) is 0 Å². The fraction of sp³-hybridized carbons (Fsp3) is 0.368. The largest absolute Gasteiger partial charge is 0.388 e. The number of rotatable bonds is 6. The number of anilines is 1. The van der Waals surface area contributed by atoms with Crippen molar-refractivity contribution in [3.63, 3.8) is 0 Å². The Morgan fingerprint density at radius 3 is 2.90 bits per heavy atom. The molecule has 162 valence electrons. The van der Waals surface area contributed by atoms with Gasteiger partial charge in [0.2, 0.25) is 11.2 Å². The minimum absolute atomic E-state index is 0.00592. The molecule has 0 spiro atoms. The van der Waals surface area contributed by atoms with Gasteiger partial charge in [0.1, 0.15) is 22.8 Å². The Labute approximate surface area is 186 Å². The third kappa shape index (κ3) is 4.08. The minimum atomic E-state index is -1.19. The molecule has 3 aromatic rings. The molecule has 31 heavy (non-hydrogen) atoms. The number of aromatic nitrogens is 4. The van der Waals surface area contributed by atoms with E-state index in [1.165, 1.54) is 13.4 Å². The van der Waals surface area contributed by atoms with Gasteiger partial charge in [0, 0.05) is 13.6 Å². The topological polar surface area (TPSA) is 134 Å². The summed E-state index contributed by atoms with van der Waals surface area (Å²) in [6.07, 6.45) is 0.294. The maximum Gasteiger partial charge on any atom is 0.235 e. The second kappa shape index (κ2) is 8.77. The van der Waals surface area contributed by atoms with Gasteiger partial charge >= 0.3 is 0 Å². The van der Waals surface area contributed by atoms with Crippen molar-refractivity contribution in [1.82, 2.24) is 24.8 Å². The number of nitrogens with one attached hydrogen (secondary N) is 2. The highest BCUT2D eigenvalue weighted by Gasteiger charge is 2.49. The van der Waals surface area contributed by atoms with Gasteiger partial charge in [0.25, 0.3) is 0 Å². The van der Waals surface area contributed by atoms with Crippen LogP contribution in [0.2, 0.25) is 5.28 Å². The lowest BCUT2D eigenvalue weighted by atomic mass is 10.1. The molecule has 0 aliphatic carbocycles. The van der Waals surface area contributed by atoms with Crippen LogP contribution in [0.4, 0.5) is 5.82 Å². The third-order valence-electron chi connectivity index (χ3n) is 5.08.